The van der Waals surface area contributed by atoms with Crippen LogP contribution in [0.4, 0.5) is 5.69 Å². The van der Waals surface area contributed by atoms with Crippen molar-refractivity contribution >= 4 is 23.4 Å². The number of carbonyl (C=O) groups excluding carboxylic acids is 1. The van der Waals surface area contributed by atoms with Gasteiger partial charge in [-0.1, -0.05) is 30.0 Å². The Morgan fingerprint density at radius 1 is 1.29 bits per heavy atom. The van der Waals surface area contributed by atoms with Gasteiger partial charge in [-0.3, -0.25) is 4.79 Å². The van der Waals surface area contributed by atoms with Crippen LogP contribution in [0.2, 0.25) is 0 Å². The van der Waals surface area contributed by atoms with Crippen LogP contribution < -0.4 is 4.90 Å². The number of benzene rings is 1. The third kappa shape index (κ3) is 4.15. The van der Waals surface area contributed by atoms with Crippen molar-refractivity contribution in [2.45, 2.75) is 38.8 Å². The predicted molar refractivity (Wildman–Crippen MR) is 98.2 cm³/mol. The van der Waals surface area contributed by atoms with Gasteiger partial charge in [0, 0.05) is 17.4 Å². The van der Waals surface area contributed by atoms with Gasteiger partial charge in [-0.2, -0.15) is 5.26 Å². The van der Waals surface area contributed by atoms with Crippen LogP contribution in [0.25, 0.3) is 0 Å². The second-order valence-electron chi connectivity index (χ2n) is 5.85. The van der Waals surface area contributed by atoms with Crippen molar-refractivity contribution in [3.63, 3.8) is 0 Å². The summed E-state index contributed by atoms with van der Waals surface area (Å²) >= 11 is 1.32. The summed E-state index contributed by atoms with van der Waals surface area (Å²) < 4.78 is 0. The Kier molecular flexibility index (Phi) is 5.99. The van der Waals surface area contributed by atoms with Crippen molar-refractivity contribution in [1.29, 1.82) is 5.26 Å². The Hall–Kier alpha value is -2.32. The SMILES string of the molecule is Cc1cc(C)c(C#N)c(SCC(=O)N(c2ccccc2)C(C)C)n1. The van der Waals surface area contributed by atoms with Crippen molar-refractivity contribution in [2.24, 2.45) is 0 Å². The van der Waals surface area contributed by atoms with Gasteiger partial charge in [0.25, 0.3) is 0 Å². The quantitative estimate of drug-likeness (QED) is 0.770. The smallest absolute Gasteiger partial charge is 0.237 e. The van der Waals surface area contributed by atoms with E-state index in [-0.39, 0.29) is 17.7 Å². The second-order valence-corrected chi connectivity index (χ2v) is 6.82. The summed E-state index contributed by atoms with van der Waals surface area (Å²) in [5.74, 6) is 0.253. The summed E-state index contributed by atoms with van der Waals surface area (Å²) in [6.45, 7) is 7.77. The van der Waals surface area contributed by atoms with Gasteiger partial charge in [0.1, 0.15) is 11.1 Å². The zero-order valence-corrected chi connectivity index (χ0v) is 15.2. The number of hydrogen-bond acceptors (Lipinski definition) is 4. The first-order valence-electron chi connectivity index (χ1n) is 7.82. The molecule has 0 saturated heterocycles. The minimum atomic E-state index is 0.00560. The molecule has 124 valence electrons. The third-order valence-electron chi connectivity index (χ3n) is 3.58. The van der Waals surface area contributed by atoms with Gasteiger partial charge < -0.3 is 4.90 Å². The molecule has 0 bridgehead atoms. The summed E-state index contributed by atoms with van der Waals surface area (Å²) in [4.78, 5) is 18.9. The number of amides is 1. The van der Waals surface area contributed by atoms with Gasteiger partial charge >= 0.3 is 0 Å². The summed E-state index contributed by atoms with van der Waals surface area (Å²) in [5.41, 5.74) is 3.18. The van der Waals surface area contributed by atoms with E-state index in [1.54, 1.807) is 4.90 Å². The average molecular weight is 339 g/mol. The molecule has 5 heteroatoms. The Bertz CT molecular complexity index is 766. The summed E-state index contributed by atoms with van der Waals surface area (Å²) in [6, 6.07) is 13.8. The number of hydrogen-bond donors (Lipinski definition) is 0. The minimum Gasteiger partial charge on any atom is -0.309 e. The molecule has 0 aliphatic carbocycles. The fourth-order valence-corrected chi connectivity index (χ4v) is 3.52. The topological polar surface area (TPSA) is 57.0 Å². The molecule has 1 heterocycles. The van der Waals surface area contributed by atoms with E-state index >= 15 is 0 Å². The fraction of sp³-hybridized carbons (Fsp3) is 0.316. The molecule has 0 fully saturated rings. The highest BCUT2D eigenvalue weighted by Gasteiger charge is 2.20. The first kappa shape index (κ1) is 18.0. The number of nitriles is 1. The Morgan fingerprint density at radius 2 is 1.96 bits per heavy atom. The van der Waals surface area contributed by atoms with Gasteiger partial charge in [-0.15, -0.1) is 0 Å². The molecule has 0 atom stereocenters. The first-order valence-corrected chi connectivity index (χ1v) is 8.81. The molecular formula is C19H21N3OS. The highest BCUT2D eigenvalue weighted by molar-refractivity contribution is 8.00. The molecule has 1 amide bonds. The number of nitrogens with zero attached hydrogens (tertiary/aromatic N) is 3. The molecule has 0 saturated carbocycles. The number of aromatic nitrogens is 1. The lowest BCUT2D eigenvalue weighted by Crippen LogP contribution is -2.38. The number of rotatable bonds is 5. The number of thioether (sulfide) groups is 1. The standard InChI is InChI=1S/C19H21N3OS/c1-13(2)22(16-8-6-5-7-9-16)18(23)12-24-19-17(11-20)14(3)10-15(4)21-19/h5-10,13H,12H2,1-4H3. The highest BCUT2D eigenvalue weighted by atomic mass is 32.2. The van der Waals surface area contributed by atoms with Crippen LogP contribution in [-0.4, -0.2) is 22.7 Å². The predicted octanol–water partition coefficient (Wildman–Crippen LogP) is 4.10. The van der Waals surface area contributed by atoms with E-state index in [4.69, 9.17) is 0 Å². The van der Waals surface area contributed by atoms with E-state index in [9.17, 15) is 10.1 Å². The molecule has 0 radical (unpaired) electrons. The van der Waals surface area contributed by atoms with Crippen LogP contribution in [0.15, 0.2) is 41.4 Å². The Labute approximate surface area is 147 Å². The maximum absolute atomic E-state index is 12.7. The van der Waals surface area contributed by atoms with E-state index in [1.807, 2.05) is 64.1 Å². The molecule has 0 spiro atoms. The van der Waals surface area contributed by atoms with E-state index in [1.165, 1.54) is 11.8 Å². The third-order valence-corrected chi connectivity index (χ3v) is 4.54. The van der Waals surface area contributed by atoms with Crippen molar-refractivity contribution in [2.75, 3.05) is 10.7 Å². The van der Waals surface area contributed by atoms with Crippen molar-refractivity contribution in [3.05, 3.63) is 53.2 Å². The average Bonchev–Trinajstić information content (AvgIpc) is 2.53. The van der Waals surface area contributed by atoms with Crippen LogP contribution in [-0.2, 0) is 4.79 Å². The lowest BCUT2D eigenvalue weighted by molar-refractivity contribution is -0.116. The van der Waals surface area contributed by atoms with Crippen LogP contribution in [0.5, 0.6) is 0 Å². The first-order chi connectivity index (χ1) is 11.4. The molecule has 0 unspecified atom stereocenters. The summed E-state index contributed by atoms with van der Waals surface area (Å²) in [7, 11) is 0. The number of pyridine rings is 1. The van der Waals surface area contributed by atoms with Gasteiger partial charge in [0.15, 0.2) is 0 Å². The van der Waals surface area contributed by atoms with Gasteiger partial charge in [0.2, 0.25) is 5.91 Å². The second kappa shape index (κ2) is 7.98. The molecule has 2 rings (SSSR count). The van der Waals surface area contributed by atoms with Gasteiger partial charge in [-0.05, 0) is 51.5 Å². The number of anilines is 1. The maximum Gasteiger partial charge on any atom is 0.237 e. The molecule has 1 aromatic heterocycles. The summed E-state index contributed by atoms with van der Waals surface area (Å²) in [5, 5.41) is 9.96. The minimum absolute atomic E-state index is 0.00560. The van der Waals surface area contributed by atoms with E-state index < -0.39 is 0 Å². The molecule has 1 aromatic carbocycles. The van der Waals surface area contributed by atoms with E-state index in [2.05, 4.69) is 11.1 Å². The lowest BCUT2D eigenvalue weighted by Gasteiger charge is -2.26. The van der Waals surface area contributed by atoms with Gasteiger partial charge in [-0.25, -0.2) is 4.98 Å². The zero-order valence-electron chi connectivity index (χ0n) is 14.4. The van der Waals surface area contributed by atoms with Crippen molar-refractivity contribution < 1.29 is 4.79 Å². The van der Waals surface area contributed by atoms with Crippen LogP contribution >= 0.6 is 11.8 Å². The molecule has 2 aromatic rings. The molecular weight excluding hydrogens is 318 g/mol. The monoisotopic (exact) mass is 339 g/mol. The molecule has 4 nitrogen and oxygen atoms in total. The summed E-state index contributed by atoms with van der Waals surface area (Å²) in [6.07, 6.45) is 0. The lowest BCUT2D eigenvalue weighted by atomic mass is 10.1. The van der Waals surface area contributed by atoms with Crippen LogP contribution in [0.3, 0.4) is 0 Å². The van der Waals surface area contributed by atoms with Gasteiger partial charge in [0.05, 0.1) is 11.3 Å². The maximum atomic E-state index is 12.7. The van der Waals surface area contributed by atoms with Crippen LogP contribution in [0, 0.1) is 25.2 Å². The Balaban J connectivity index is 2.19. The molecule has 0 aliphatic heterocycles. The zero-order chi connectivity index (χ0) is 17.7. The normalized spacial score (nSPS) is 10.5. The fourth-order valence-electron chi connectivity index (χ4n) is 2.56. The number of aryl methyl sites for hydroxylation is 2. The van der Waals surface area contributed by atoms with E-state index in [0.717, 1.165) is 16.9 Å². The number of carbonyl (C=O) groups is 1. The number of para-hydroxylation sites is 1. The molecule has 0 aliphatic rings. The van der Waals surface area contributed by atoms with Crippen molar-refractivity contribution in [3.8, 4) is 6.07 Å². The molecule has 24 heavy (non-hydrogen) atoms. The van der Waals surface area contributed by atoms with Crippen LogP contribution in [0.1, 0.15) is 30.7 Å². The highest BCUT2D eigenvalue weighted by Crippen LogP contribution is 2.25. The Morgan fingerprint density at radius 3 is 2.54 bits per heavy atom. The largest absolute Gasteiger partial charge is 0.309 e. The van der Waals surface area contributed by atoms with Crippen molar-refractivity contribution in [1.82, 2.24) is 4.98 Å². The molecule has 0 N–H and O–H groups in total. The van der Waals surface area contributed by atoms with E-state index in [0.29, 0.717) is 10.6 Å².